The van der Waals surface area contributed by atoms with Crippen molar-refractivity contribution in [1.29, 1.82) is 5.26 Å². The highest BCUT2D eigenvalue weighted by Crippen LogP contribution is 2.26. The number of rotatable bonds is 5. The molecule has 0 unspecified atom stereocenters. The Hall–Kier alpha value is -3.63. The summed E-state index contributed by atoms with van der Waals surface area (Å²) in [7, 11) is 0. The van der Waals surface area contributed by atoms with Gasteiger partial charge in [-0.15, -0.1) is 0 Å². The number of thioether (sulfide) groups is 1. The average molecular weight is 385 g/mol. The van der Waals surface area contributed by atoms with Crippen LogP contribution in [-0.2, 0) is 4.79 Å². The van der Waals surface area contributed by atoms with Gasteiger partial charge in [-0.05, 0) is 24.3 Å². The van der Waals surface area contributed by atoms with E-state index in [9.17, 15) is 4.79 Å². The molecule has 1 N–H and O–H groups in total. The van der Waals surface area contributed by atoms with Crippen molar-refractivity contribution in [2.45, 2.75) is 5.03 Å². The van der Waals surface area contributed by atoms with Crippen molar-refractivity contribution in [2.24, 2.45) is 0 Å². The molecular formula is C21H15N5OS. The molecule has 0 saturated heterocycles. The zero-order chi connectivity index (χ0) is 19.3. The van der Waals surface area contributed by atoms with Gasteiger partial charge < -0.3 is 5.32 Å². The summed E-state index contributed by atoms with van der Waals surface area (Å²) in [6.45, 7) is 0. The number of amides is 1. The first-order valence-corrected chi connectivity index (χ1v) is 9.54. The first-order chi connectivity index (χ1) is 13.7. The van der Waals surface area contributed by atoms with Gasteiger partial charge in [0, 0.05) is 23.6 Å². The van der Waals surface area contributed by atoms with E-state index in [1.54, 1.807) is 41.2 Å². The van der Waals surface area contributed by atoms with Crippen LogP contribution in [0, 0.1) is 11.3 Å². The molecule has 2 heterocycles. The topological polar surface area (TPSA) is 83.1 Å². The second-order valence-electron chi connectivity index (χ2n) is 5.99. The molecule has 0 fully saturated rings. The Bertz CT molecular complexity index is 1180. The van der Waals surface area contributed by atoms with Crippen LogP contribution < -0.4 is 5.32 Å². The monoisotopic (exact) mass is 385 g/mol. The van der Waals surface area contributed by atoms with Crippen LogP contribution >= 0.6 is 11.8 Å². The summed E-state index contributed by atoms with van der Waals surface area (Å²) in [5, 5.41) is 17.1. The summed E-state index contributed by atoms with van der Waals surface area (Å²) in [6.07, 6.45) is 3.46. The molecule has 1 amide bonds. The molecule has 136 valence electrons. The Labute approximate surface area is 165 Å². The van der Waals surface area contributed by atoms with Crippen LogP contribution in [0.5, 0.6) is 0 Å². The Morgan fingerprint density at radius 1 is 1.14 bits per heavy atom. The zero-order valence-electron chi connectivity index (χ0n) is 14.7. The Balaban J connectivity index is 1.49. The summed E-state index contributed by atoms with van der Waals surface area (Å²) in [5.74, 6) is 0.0432. The number of fused-ring (bicyclic) bond motifs is 1. The lowest BCUT2D eigenvalue weighted by molar-refractivity contribution is -0.113. The van der Waals surface area contributed by atoms with Gasteiger partial charge in [-0.3, -0.25) is 4.79 Å². The van der Waals surface area contributed by atoms with E-state index in [0.717, 1.165) is 21.8 Å². The van der Waals surface area contributed by atoms with Crippen molar-refractivity contribution in [3.05, 3.63) is 78.6 Å². The molecule has 0 radical (unpaired) electrons. The van der Waals surface area contributed by atoms with Crippen LogP contribution in [0.4, 0.5) is 5.69 Å². The number of nitrogens with zero attached hydrogens (tertiary/aromatic N) is 4. The number of hydrogen-bond donors (Lipinski definition) is 1. The van der Waals surface area contributed by atoms with Gasteiger partial charge in [-0.2, -0.15) is 10.4 Å². The van der Waals surface area contributed by atoms with Crippen LogP contribution in [0.2, 0.25) is 0 Å². The summed E-state index contributed by atoms with van der Waals surface area (Å²) in [4.78, 5) is 16.7. The minimum Gasteiger partial charge on any atom is -0.325 e. The molecule has 0 saturated carbocycles. The smallest absolute Gasteiger partial charge is 0.234 e. The van der Waals surface area contributed by atoms with Gasteiger partial charge in [-0.25, -0.2) is 9.50 Å². The second-order valence-corrected chi connectivity index (χ2v) is 6.95. The number of benzene rings is 2. The highest BCUT2D eigenvalue weighted by molar-refractivity contribution is 8.00. The molecule has 6 nitrogen and oxygen atoms in total. The number of hydrogen-bond acceptors (Lipinski definition) is 5. The first kappa shape index (κ1) is 17.8. The van der Waals surface area contributed by atoms with E-state index in [1.807, 2.05) is 36.4 Å². The van der Waals surface area contributed by atoms with Crippen LogP contribution in [0.15, 0.2) is 78.1 Å². The van der Waals surface area contributed by atoms with Crippen LogP contribution in [0.3, 0.4) is 0 Å². The molecule has 2 aromatic heterocycles. The van der Waals surface area contributed by atoms with Crippen molar-refractivity contribution < 1.29 is 4.79 Å². The number of nitriles is 1. The number of carbonyl (C=O) groups excluding carboxylic acids is 1. The predicted octanol–water partition coefficient (Wildman–Crippen LogP) is 4.00. The molecule has 0 aliphatic heterocycles. The van der Waals surface area contributed by atoms with Crippen LogP contribution in [-0.4, -0.2) is 26.3 Å². The molecule has 4 rings (SSSR count). The van der Waals surface area contributed by atoms with E-state index in [4.69, 9.17) is 5.26 Å². The average Bonchev–Trinajstić information content (AvgIpc) is 3.18. The van der Waals surface area contributed by atoms with Crippen molar-refractivity contribution in [2.75, 3.05) is 11.1 Å². The Morgan fingerprint density at radius 2 is 2.00 bits per heavy atom. The van der Waals surface area contributed by atoms with E-state index in [0.29, 0.717) is 11.3 Å². The van der Waals surface area contributed by atoms with Gasteiger partial charge in [0.1, 0.15) is 5.03 Å². The largest absolute Gasteiger partial charge is 0.325 e. The number of aromatic nitrogens is 3. The van der Waals surface area contributed by atoms with Crippen LogP contribution in [0.1, 0.15) is 5.56 Å². The van der Waals surface area contributed by atoms with Gasteiger partial charge >= 0.3 is 0 Å². The fraction of sp³-hybridized carbons (Fsp3) is 0.0476. The Morgan fingerprint density at radius 3 is 2.82 bits per heavy atom. The number of nitrogens with one attached hydrogen (secondary N) is 1. The molecule has 2 aromatic carbocycles. The number of carbonyl (C=O) groups is 1. The first-order valence-electron chi connectivity index (χ1n) is 8.55. The second kappa shape index (κ2) is 7.94. The SMILES string of the molecule is N#Cc1cccc(NC(=O)CSc2nccn3nc(-c4ccccc4)cc23)c1. The molecule has 0 spiro atoms. The normalized spacial score (nSPS) is 10.5. The van der Waals surface area contributed by atoms with E-state index in [-0.39, 0.29) is 11.7 Å². The standard InChI is InChI=1S/C21H15N5OS/c22-13-15-5-4-8-17(11-15)24-20(27)14-28-21-19-12-18(16-6-2-1-3-7-16)25-26(19)10-9-23-21/h1-12H,14H2,(H,24,27). The maximum atomic E-state index is 12.3. The van der Waals surface area contributed by atoms with Crippen molar-refractivity contribution >= 4 is 28.9 Å². The Kier molecular flexibility index (Phi) is 5.04. The predicted molar refractivity (Wildman–Crippen MR) is 109 cm³/mol. The summed E-state index contributed by atoms with van der Waals surface area (Å²) < 4.78 is 1.77. The third-order valence-electron chi connectivity index (χ3n) is 4.04. The molecular weight excluding hydrogens is 370 g/mol. The van der Waals surface area contributed by atoms with Gasteiger partial charge in [0.25, 0.3) is 0 Å². The minimum atomic E-state index is -0.160. The van der Waals surface area contributed by atoms with E-state index >= 15 is 0 Å². The lowest BCUT2D eigenvalue weighted by Crippen LogP contribution is -2.14. The third-order valence-corrected chi connectivity index (χ3v) is 5.03. The minimum absolute atomic E-state index is 0.160. The fourth-order valence-electron chi connectivity index (χ4n) is 2.76. The van der Waals surface area contributed by atoms with Gasteiger partial charge in [-0.1, -0.05) is 48.2 Å². The van der Waals surface area contributed by atoms with Gasteiger partial charge in [0.2, 0.25) is 5.91 Å². The molecule has 0 bridgehead atoms. The number of anilines is 1. The van der Waals surface area contributed by atoms with Crippen molar-refractivity contribution in [3.63, 3.8) is 0 Å². The third kappa shape index (κ3) is 3.87. The highest BCUT2D eigenvalue weighted by atomic mass is 32.2. The lowest BCUT2D eigenvalue weighted by Gasteiger charge is -2.05. The maximum Gasteiger partial charge on any atom is 0.234 e. The maximum absolute atomic E-state index is 12.3. The zero-order valence-corrected chi connectivity index (χ0v) is 15.6. The molecule has 28 heavy (non-hydrogen) atoms. The lowest BCUT2D eigenvalue weighted by atomic mass is 10.1. The van der Waals surface area contributed by atoms with E-state index < -0.39 is 0 Å². The molecule has 0 atom stereocenters. The van der Waals surface area contributed by atoms with E-state index in [2.05, 4.69) is 21.5 Å². The van der Waals surface area contributed by atoms with Crippen molar-refractivity contribution in [1.82, 2.24) is 14.6 Å². The summed E-state index contributed by atoms with van der Waals surface area (Å²) >= 11 is 1.35. The molecule has 7 heteroatoms. The van der Waals surface area contributed by atoms with E-state index in [1.165, 1.54) is 11.8 Å². The highest BCUT2D eigenvalue weighted by Gasteiger charge is 2.11. The fourth-order valence-corrected chi connectivity index (χ4v) is 3.53. The molecule has 4 aromatic rings. The molecule has 0 aliphatic rings. The van der Waals surface area contributed by atoms with Crippen molar-refractivity contribution in [3.8, 4) is 17.3 Å². The van der Waals surface area contributed by atoms with Gasteiger partial charge in [0.15, 0.2) is 0 Å². The summed E-state index contributed by atoms with van der Waals surface area (Å²) in [5.41, 5.74) is 3.84. The quantitative estimate of drug-likeness (QED) is 0.525. The summed E-state index contributed by atoms with van der Waals surface area (Å²) in [6, 6.07) is 20.8. The van der Waals surface area contributed by atoms with Crippen LogP contribution in [0.25, 0.3) is 16.8 Å². The molecule has 0 aliphatic carbocycles. The van der Waals surface area contributed by atoms with Gasteiger partial charge in [0.05, 0.1) is 28.6 Å².